The highest BCUT2D eigenvalue weighted by Crippen LogP contribution is 2.20. The average molecular weight is 399 g/mol. The van der Waals surface area contributed by atoms with E-state index in [0.29, 0.717) is 0 Å². The quantitative estimate of drug-likeness (QED) is 0.527. The largest absolute Gasteiger partial charge is 0.508 e. The van der Waals surface area contributed by atoms with Gasteiger partial charge in [0.1, 0.15) is 23.7 Å². The number of rotatable bonds is 5. The lowest BCUT2D eigenvalue weighted by atomic mass is 10.2. The van der Waals surface area contributed by atoms with Crippen molar-refractivity contribution < 1.29 is 5.11 Å². The van der Waals surface area contributed by atoms with Crippen LogP contribution >= 0.6 is 11.8 Å². The normalized spacial score (nSPS) is 16.4. The van der Waals surface area contributed by atoms with Crippen LogP contribution in [-0.4, -0.2) is 58.7 Å². The third kappa shape index (κ3) is 5.97. The second-order valence-electron chi connectivity index (χ2n) is 6.43. The van der Waals surface area contributed by atoms with E-state index in [1.54, 1.807) is 37.3 Å². The van der Waals surface area contributed by atoms with Crippen LogP contribution in [0.15, 0.2) is 47.7 Å². The van der Waals surface area contributed by atoms with E-state index in [1.165, 1.54) is 0 Å². The van der Waals surface area contributed by atoms with Crippen molar-refractivity contribution in [3.8, 4) is 5.75 Å². The first kappa shape index (κ1) is 20.2. The Morgan fingerprint density at radius 1 is 1.32 bits per heavy atom. The minimum Gasteiger partial charge on any atom is -0.508 e. The number of benzene rings is 1. The molecule has 1 aliphatic heterocycles. The maximum Gasteiger partial charge on any atom is 0.162 e. The van der Waals surface area contributed by atoms with E-state index < -0.39 is 0 Å². The van der Waals surface area contributed by atoms with Crippen LogP contribution in [0.4, 0.5) is 11.6 Å². The van der Waals surface area contributed by atoms with Gasteiger partial charge in [0.05, 0.1) is 0 Å². The first-order chi connectivity index (χ1) is 13.6. The van der Waals surface area contributed by atoms with Gasteiger partial charge in [0.25, 0.3) is 0 Å². The van der Waals surface area contributed by atoms with Crippen molar-refractivity contribution >= 4 is 34.6 Å². The monoisotopic (exact) mass is 398 g/mol. The summed E-state index contributed by atoms with van der Waals surface area (Å²) in [6, 6.07) is 9.15. The van der Waals surface area contributed by atoms with Gasteiger partial charge < -0.3 is 20.6 Å². The predicted molar refractivity (Wildman–Crippen MR) is 118 cm³/mol. The lowest BCUT2D eigenvalue weighted by Crippen LogP contribution is -2.43. The molecule has 2 heterocycles. The van der Waals surface area contributed by atoms with Crippen molar-refractivity contribution in [2.45, 2.75) is 12.2 Å². The second kappa shape index (κ2) is 10.1. The standard InChI is InChI=1S/C20H26N6OS/c1-15(6-7-16-4-3-5-17(27)12-16)28-20(21-2)25-18-13-19(24-14-23-18)26-10-8-22-9-11-26/h3-7,12-15,22,27H,8-11H2,1-2H3,(H,21,23,24,25)/b7-6+. The summed E-state index contributed by atoms with van der Waals surface area (Å²) in [4.78, 5) is 15.3. The minimum absolute atomic E-state index is 0.197. The number of hydrogen-bond donors (Lipinski definition) is 3. The Hall–Kier alpha value is -2.58. The van der Waals surface area contributed by atoms with E-state index in [-0.39, 0.29) is 11.0 Å². The Labute approximate surface area is 170 Å². The van der Waals surface area contributed by atoms with Gasteiger partial charge in [-0.2, -0.15) is 0 Å². The zero-order chi connectivity index (χ0) is 19.8. The third-order valence-corrected chi connectivity index (χ3v) is 5.30. The molecule has 0 radical (unpaired) electrons. The van der Waals surface area contributed by atoms with E-state index in [1.807, 2.05) is 24.3 Å². The maximum atomic E-state index is 9.56. The molecule has 0 bridgehead atoms. The molecule has 0 aliphatic carbocycles. The number of nitrogens with zero attached hydrogens (tertiary/aromatic N) is 4. The van der Waals surface area contributed by atoms with Crippen molar-refractivity contribution in [1.29, 1.82) is 0 Å². The summed E-state index contributed by atoms with van der Waals surface area (Å²) in [5, 5.41) is 17.2. The van der Waals surface area contributed by atoms with Crippen LogP contribution in [-0.2, 0) is 0 Å². The number of amidine groups is 1. The lowest BCUT2D eigenvalue weighted by molar-refractivity contribution is 0.475. The Balaban J connectivity index is 1.59. The molecule has 28 heavy (non-hydrogen) atoms. The van der Waals surface area contributed by atoms with Gasteiger partial charge in [-0.3, -0.25) is 4.99 Å². The first-order valence-corrected chi connectivity index (χ1v) is 10.2. The van der Waals surface area contributed by atoms with Gasteiger partial charge in [0.15, 0.2) is 5.17 Å². The molecule has 1 aromatic heterocycles. The summed E-state index contributed by atoms with van der Waals surface area (Å²) in [6.07, 6.45) is 5.67. The highest BCUT2D eigenvalue weighted by molar-refractivity contribution is 8.14. The van der Waals surface area contributed by atoms with Gasteiger partial charge in [-0.15, -0.1) is 0 Å². The van der Waals surface area contributed by atoms with E-state index in [9.17, 15) is 5.11 Å². The number of aromatic nitrogens is 2. The van der Waals surface area contributed by atoms with Crippen LogP contribution in [0.2, 0.25) is 0 Å². The van der Waals surface area contributed by atoms with Crippen LogP contribution in [0.25, 0.3) is 6.08 Å². The van der Waals surface area contributed by atoms with Crippen molar-refractivity contribution in [1.82, 2.24) is 15.3 Å². The predicted octanol–water partition coefficient (Wildman–Crippen LogP) is 2.82. The number of anilines is 2. The van der Waals surface area contributed by atoms with Crippen molar-refractivity contribution in [3.63, 3.8) is 0 Å². The number of thioether (sulfide) groups is 1. The molecule has 1 fully saturated rings. The number of hydrogen-bond acceptors (Lipinski definition) is 7. The average Bonchev–Trinajstić information content (AvgIpc) is 2.73. The molecule has 1 atom stereocenters. The Bertz CT molecular complexity index is 835. The molecule has 0 spiro atoms. The van der Waals surface area contributed by atoms with Gasteiger partial charge in [-0.25, -0.2) is 9.97 Å². The smallest absolute Gasteiger partial charge is 0.162 e. The number of aliphatic imine (C=N–C) groups is 1. The molecular weight excluding hydrogens is 372 g/mol. The number of nitrogens with one attached hydrogen (secondary N) is 2. The van der Waals surface area contributed by atoms with Crippen LogP contribution in [0, 0.1) is 0 Å². The molecule has 3 rings (SSSR count). The molecule has 7 nitrogen and oxygen atoms in total. The van der Waals surface area contributed by atoms with E-state index in [4.69, 9.17) is 0 Å². The van der Waals surface area contributed by atoms with E-state index in [2.05, 4.69) is 43.5 Å². The Kier molecular flexibility index (Phi) is 7.27. The fourth-order valence-electron chi connectivity index (χ4n) is 2.82. The highest BCUT2D eigenvalue weighted by atomic mass is 32.2. The molecule has 148 valence electrons. The van der Waals surface area contributed by atoms with E-state index >= 15 is 0 Å². The van der Waals surface area contributed by atoms with Gasteiger partial charge >= 0.3 is 0 Å². The minimum atomic E-state index is 0.197. The molecule has 1 aromatic carbocycles. The summed E-state index contributed by atoms with van der Waals surface area (Å²) in [6.45, 7) is 5.91. The highest BCUT2D eigenvalue weighted by Gasteiger charge is 2.13. The van der Waals surface area contributed by atoms with E-state index in [0.717, 1.165) is 48.5 Å². The molecule has 2 aromatic rings. The first-order valence-electron chi connectivity index (χ1n) is 9.29. The Morgan fingerprint density at radius 2 is 2.14 bits per heavy atom. The second-order valence-corrected chi connectivity index (χ2v) is 7.80. The van der Waals surface area contributed by atoms with Gasteiger partial charge in [-0.05, 0) is 24.6 Å². The molecule has 0 amide bonds. The summed E-state index contributed by atoms with van der Waals surface area (Å²) < 4.78 is 0. The van der Waals surface area contributed by atoms with Crippen LogP contribution in [0.5, 0.6) is 5.75 Å². The lowest BCUT2D eigenvalue weighted by Gasteiger charge is -2.28. The number of piperazine rings is 1. The Morgan fingerprint density at radius 3 is 2.89 bits per heavy atom. The number of aromatic hydroxyl groups is 1. The molecule has 1 unspecified atom stereocenters. The fourth-order valence-corrected chi connectivity index (χ4v) is 3.60. The summed E-state index contributed by atoms with van der Waals surface area (Å²) in [5.74, 6) is 1.93. The molecule has 8 heteroatoms. The fraction of sp³-hybridized carbons (Fsp3) is 0.350. The van der Waals surface area contributed by atoms with Gasteiger partial charge in [0.2, 0.25) is 0 Å². The van der Waals surface area contributed by atoms with Crippen molar-refractivity contribution in [2.75, 3.05) is 43.4 Å². The van der Waals surface area contributed by atoms with Crippen molar-refractivity contribution in [2.24, 2.45) is 4.99 Å². The summed E-state index contributed by atoms with van der Waals surface area (Å²) >= 11 is 1.61. The third-order valence-electron chi connectivity index (χ3n) is 4.26. The molecule has 0 saturated carbocycles. The molecule has 1 aliphatic rings. The maximum absolute atomic E-state index is 9.56. The number of phenolic OH excluding ortho intramolecular Hbond substituents is 1. The van der Waals surface area contributed by atoms with Gasteiger partial charge in [-0.1, -0.05) is 36.0 Å². The topological polar surface area (TPSA) is 85.7 Å². The zero-order valence-electron chi connectivity index (χ0n) is 16.2. The van der Waals surface area contributed by atoms with Gasteiger partial charge in [0, 0.05) is 44.5 Å². The molecular formula is C20H26N6OS. The molecule has 1 saturated heterocycles. The summed E-state index contributed by atoms with van der Waals surface area (Å²) in [7, 11) is 1.76. The zero-order valence-corrected chi connectivity index (χ0v) is 17.0. The SMILES string of the molecule is CN=C(Nc1cc(N2CCNCC2)ncn1)SC(C)/C=C/c1cccc(O)c1. The number of phenols is 1. The van der Waals surface area contributed by atoms with Crippen molar-refractivity contribution in [3.05, 3.63) is 48.3 Å². The van der Waals surface area contributed by atoms with Crippen LogP contribution in [0.3, 0.4) is 0 Å². The van der Waals surface area contributed by atoms with Crippen LogP contribution < -0.4 is 15.5 Å². The summed E-state index contributed by atoms with van der Waals surface area (Å²) in [5.41, 5.74) is 0.965. The molecule has 3 N–H and O–H groups in total. The van der Waals surface area contributed by atoms with Crippen LogP contribution in [0.1, 0.15) is 12.5 Å².